The molecule has 0 saturated carbocycles. The van der Waals surface area contributed by atoms with Crippen molar-refractivity contribution in [1.82, 2.24) is 4.90 Å². The normalized spacial score (nSPS) is 18.8. The number of hydrogen-bond acceptors (Lipinski definition) is 5. The number of benzene rings is 1. The predicted molar refractivity (Wildman–Crippen MR) is 93.3 cm³/mol. The Labute approximate surface area is 147 Å². The van der Waals surface area contributed by atoms with Crippen LogP contribution in [0.15, 0.2) is 18.2 Å². The topological polar surface area (TPSA) is 74.0 Å². The quantitative estimate of drug-likeness (QED) is 0.836. The number of nitrogens with two attached hydrogens (primary N) is 1. The standard InChI is InChI=1S/C17H25ClN2O4/c1-17(2,3)24-16(21)20-8-4-5-9-22-15(20)11-23-14-7-6-12(18)10-13(14)19/h6-7,10,15H,4-5,8-9,11,19H2,1-3H3. The summed E-state index contributed by atoms with van der Waals surface area (Å²) in [5.74, 6) is 0.511. The molecule has 134 valence electrons. The second-order valence-electron chi connectivity index (χ2n) is 6.70. The van der Waals surface area contributed by atoms with Crippen LogP contribution in [0.25, 0.3) is 0 Å². The van der Waals surface area contributed by atoms with Crippen molar-refractivity contribution in [3.63, 3.8) is 0 Å². The first-order valence-electron chi connectivity index (χ1n) is 8.05. The highest BCUT2D eigenvalue weighted by molar-refractivity contribution is 6.30. The van der Waals surface area contributed by atoms with E-state index in [0.29, 0.717) is 29.6 Å². The van der Waals surface area contributed by atoms with Crippen LogP contribution in [-0.2, 0) is 9.47 Å². The first kappa shape index (κ1) is 18.7. The number of hydrogen-bond donors (Lipinski definition) is 1. The fourth-order valence-corrected chi connectivity index (χ4v) is 2.50. The van der Waals surface area contributed by atoms with E-state index in [9.17, 15) is 4.79 Å². The zero-order chi connectivity index (χ0) is 17.7. The minimum atomic E-state index is -0.560. The number of rotatable bonds is 3. The molecule has 1 aliphatic heterocycles. The second kappa shape index (κ2) is 7.94. The van der Waals surface area contributed by atoms with E-state index in [1.54, 1.807) is 23.1 Å². The Morgan fingerprint density at radius 1 is 1.42 bits per heavy atom. The number of anilines is 1. The van der Waals surface area contributed by atoms with Crippen LogP contribution in [0.2, 0.25) is 5.02 Å². The highest BCUT2D eigenvalue weighted by Gasteiger charge is 2.30. The molecule has 1 unspecified atom stereocenters. The van der Waals surface area contributed by atoms with E-state index in [-0.39, 0.29) is 6.61 Å². The summed E-state index contributed by atoms with van der Waals surface area (Å²) in [5.41, 5.74) is 5.77. The van der Waals surface area contributed by atoms with Crippen LogP contribution in [0.3, 0.4) is 0 Å². The van der Waals surface area contributed by atoms with Crippen molar-refractivity contribution < 1.29 is 19.0 Å². The smallest absolute Gasteiger partial charge is 0.412 e. The zero-order valence-corrected chi connectivity index (χ0v) is 15.1. The fourth-order valence-electron chi connectivity index (χ4n) is 2.32. The first-order valence-corrected chi connectivity index (χ1v) is 8.43. The molecule has 0 bridgehead atoms. The van der Waals surface area contributed by atoms with Gasteiger partial charge in [0.05, 0.1) is 5.69 Å². The van der Waals surface area contributed by atoms with Gasteiger partial charge in [0.2, 0.25) is 0 Å². The zero-order valence-electron chi connectivity index (χ0n) is 14.4. The summed E-state index contributed by atoms with van der Waals surface area (Å²) < 4.78 is 17.0. The lowest BCUT2D eigenvalue weighted by Crippen LogP contribution is -2.46. The van der Waals surface area contributed by atoms with Gasteiger partial charge in [-0.15, -0.1) is 0 Å². The van der Waals surface area contributed by atoms with E-state index in [4.69, 9.17) is 31.5 Å². The van der Waals surface area contributed by atoms with Gasteiger partial charge in [0.15, 0.2) is 6.23 Å². The molecular formula is C17H25ClN2O4. The Morgan fingerprint density at radius 3 is 2.83 bits per heavy atom. The molecule has 0 aliphatic carbocycles. The number of amides is 1. The number of nitrogen functional groups attached to an aromatic ring is 1. The molecule has 7 heteroatoms. The summed E-state index contributed by atoms with van der Waals surface area (Å²) in [6, 6.07) is 5.02. The Bertz CT molecular complexity index is 574. The maximum atomic E-state index is 12.4. The van der Waals surface area contributed by atoms with Crippen molar-refractivity contribution in [3.8, 4) is 5.75 Å². The van der Waals surface area contributed by atoms with E-state index in [1.165, 1.54) is 0 Å². The number of nitrogens with zero attached hydrogens (tertiary/aromatic N) is 1. The number of carbonyl (C=O) groups excluding carboxylic acids is 1. The van der Waals surface area contributed by atoms with E-state index < -0.39 is 17.9 Å². The summed E-state index contributed by atoms with van der Waals surface area (Å²) in [7, 11) is 0. The Morgan fingerprint density at radius 2 is 2.17 bits per heavy atom. The molecule has 1 saturated heterocycles. The predicted octanol–water partition coefficient (Wildman–Crippen LogP) is 3.67. The number of carbonyl (C=O) groups is 1. The summed E-state index contributed by atoms with van der Waals surface area (Å²) in [6.45, 7) is 6.82. The van der Waals surface area contributed by atoms with Crippen LogP contribution in [-0.4, -0.2) is 42.6 Å². The Balaban J connectivity index is 2.04. The average molecular weight is 357 g/mol. The molecule has 1 aromatic carbocycles. The number of ether oxygens (including phenoxy) is 3. The molecule has 1 amide bonds. The van der Waals surface area contributed by atoms with Crippen molar-refractivity contribution in [1.29, 1.82) is 0 Å². The van der Waals surface area contributed by atoms with Crippen molar-refractivity contribution in [3.05, 3.63) is 23.2 Å². The van der Waals surface area contributed by atoms with Crippen molar-refractivity contribution in [2.45, 2.75) is 45.4 Å². The molecule has 2 N–H and O–H groups in total. The van der Waals surface area contributed by atoms with Crippen LogP contribution in [0.4, 0.5) is 10.5 Å². The molecule has 6 nitrogen and oxygen atoms in total. The van der Waals surface area contributed by atoms with Crippen LogP contribution < -0.4 is 10.5 Å². The van der Waals surface area contributed by atoms with Gasteiger partial charge in [-0.25, -0.2) is 4.79 Å². The number of halogens is 1. The van der Waals surface area contributed by atoms with Gasteiger partial charge in [-0.1, -0.05) is 11.6 Å². The molecular weight excluding hydrogens is 332 g/mol. The maximum absolute atomic E-state index is 12.4. The minimum Gasteiger partial charge on any atom is -0.487 e. The third-order valence-electron chi connectivity index (χ3n) is 3.43. The van der Waals surface area contributed by atoms with Crippen molar-refractivity contribution in [2.75, 3.05) is 25.5 Å². The summed E-state index contributed by atoms with van der Waals surface area (Å²) >= 11 is 5.88. The van der Waals surface area contributed by atoms with E-state index in [1.807, 2.05) is 20.8 Å². The molecule has 0 radical (unpaired) electrons. The van der Waals surface area contributed by atoms with Crippen molar-refractivity contribution >= 4 is 23.4 Å². The molecule has 0 spiro atoms. The molecule has 24 heavy (non-hydrogen) atoms. The van der Waals surface area contributed by atoms with Crippen LogP contribution >= 0.6 is 11.6 Å². The van der Waals surface area contributed by atoms with Gasteiger partial charge in [0.1, 0.15) is 18.0 Å². The van der Waals surface area contributed by atoms with Gasteiger partial charge < -0.3 is 19.9 Å². The molecule has 1 atom stereocenters. The van der Waals surface area contributed by atoms with Gasteiger partial charge >= 0.3 is 6.09 Å². The van der Waals surface area contributed by atoms with Gasteiger partial charge in [-0.2, -0.15) is 0 Å². The maximum Gasteiger partial charge on any atom is 0.412 e. The SMILES string of the molecule is CC(C)(C)OC(=O)N1CCCCOC1COc1ccc(Cl)cc1N. The van der Waals surface area contributed by atoms with Gasteiger partial charge in [0.25, 0.3) is 0 Å². The molecule has 1 aliphatic rings. The first-order chi connectivity index (χ1) is 11.3. The van der Waals surface area contributed by atoms with E-state index in [0.717, 1.165) is 12.8 Å². The van der Waals surface area contributed by atoms with Crippen LogP contribution in [0.5, 0.6) is 5.75 Å². The Hall–Kier alpha value is -1.66. The fraction of sp³-hybridized carbons (Fsp3) is 0.588. The largest absolute Gasteiger partial charge is 0.487 e. The average Bonchev–Trinajstić information content (AvgIpc) is 2.70. The minimum absolute atomic E-state index is 0.172. The second-order valence-corrected chi connectivity index (χ2v) is 7.14. The van der Waals surface area contributed by atoms with E-state index in [2.05, 4.69) is 0 Å². The Kier molecular flexibility index (Phi) is 6.18. The third-order valence-corrected chi connectivity index (χ3v) is 3.67. The van der Waals surface area contributed by atoms with Gasteiger partial charge in [-0.05, 0) is 51.8 Å². The molecule has 1 fully saturated rings. The van der Waals surface area contributed by atoms with Crippen LogP contribution in [0, 0.1) is 0 Å². The van der Waals surface area contributed by atoms with E-state index >= 15 is 0 Å². The lowest BCUT2D eigenvalue weighted by atomic mass is 10.2. The highest BCUT2D eigenvalue weighted by Crippen LogP contribution is 2.26. The van der Waals surface area contributed by atoms with Gasteiger partial charge in [-0.3, -0.25) is 4.90 Å². The summed E-state index contributed by atoms with van der Waals surface area (Å²) in [5, 5.41) is 0.543. The summed E-state index contributed by atoms with van der Waals surface area (Å²) in [4.78, 5) is 14.0. The van der Waals surface area contributed by atoms with Crippen LogP contribution in [0.1, 0.15) is 33.6 Å². The monoisotopic (exact) mass is 356 g/mol. The lowest BCUT2D eigenvalue weighted by molar-refractivity contribution is -0.0728. The molecule has 1 heterocycles. The molecule has 0 aromatic heterocycles. The third kappa shape index (κ3) is 5.46. The molecule has 1 aromatic rings. The molecule has 2 rings (SSSR count). The highest BCUT2D eigenvalue weighted by atomic mass is 35.5. The van der Waals surface area contributed by atoms with Crippen molar-refractivity contribution in [2.24, 2.45) is 0 Å². The lowest BCUT2D eigenvalue weighted by Gasteiger charge is -2.31. The summed E-state index contributed by atoms with van der Waals surface area (Å²) in [6.07, 6.45) is 0.831. The van der Waals surface area contributed by atoms with Gasteiger partial charge in [0, 0.05) is 18.2 Å².